The van der Waals surface area contributed by atoms with Crippen molar-refractivity contribution in [2.24, 2.45) is 0 Å². The van der Waals surface area contributed by atoms with E-state index in [1.54, 1.807) is 42.8 Å². The number of methoxy groups -OCH3 is 2. The van der Waals surface area contributed by atoms with Crippen molar-refractivity contribution in [1.29, 1.82) is 0 Å². The lowest BCUT2D eigenvalue weighted by atomic mass is 9.99. The second-order valence-electron chi connectivity index (χ2n) is 6.17. The smallest absolute Gasteiger partial charge is 0.243 e. The lowest BCUT2D eigenvalue weighted by Crippen LogP contribution is -2.39. The Kier molecular flexibility index (Phi) is 5.01. The fraction of sp³-hybridized carbons (Fsp3) is 0.368. The summed E-state index contributed by atoms with van der Waals surface area (Å²) in [5.41, 5.74) is 2.13. The molecule has 0 amide bonds. The number of hydrogen-bond donors (Lipinski definition) is 0. The van der Waals surface area contributed by atoms with E-state index in [1.807, 2.05) is 25.1 Å². The first-order valence-electron chi connectivity index (χ1n) is 8.28. The van der Waals surface area contributed by atoms with Crippen molar-refractivity contribution < 1.29 is 17.9 Å². The molecular formula is C19H23NO4S. The Labute approximate surface area is 149 Å². The van der Waals surface area contributed by atoms with Crippen LogP contribution in [0.25, 0.3) is 0 Å². The van der Waals surface area contributed by atoms with Gasteiger partial charge in [-0.25, -0.2) is 8.42 Å². The highest BCUT2D eigenvalue weighted by atomic mass is 32.2. The van der Waals surface area contributed by atoms with E-state index in [0.717, 1.165) is 11.1 Å². The highest BCUT2D eigenvalue weighted by molar-refractivity contribution is 7.89. The summed E-state index contributed by atoms with van der Waals surface area (Å²) in [5, 5.41) is 0. The Morgan fingerprint density at radius 2 is 1.76 bits per heavy atom. The fourth-order valence-corrected chi connectivity index (χ4v) is 5.10. The summed E-state index contributed by atoms with van der Waals surface area (Å²) in [4.78, 5) is 0.331. The van der Waals surface area contributed by atoms with Gasteiger partial charge in [0.25, 0.3) is 0 Å². The van der Waals surface area contributed by atoms with E-state index in [2.05, 4.69) is 0 Å². The third-order valence-corrected chi connectivity index (χ3v) is 6.71. The monoisotopic (exact) mass is 361 g/mol. The molecule has 1 unspecified atom stereocenters. The maximum Gasteiger partial charge on any atom is 0.243 e. The Bertz CT molecular complexity index is 849. The molecule has 0 aromatic heterocycles. The lowest BCUT2D eigenvalue weighted by Gasteiger charge is -2.26. The number of nitrogens with zero attached hydrogens (tertiary/aromatic N) is 1. The zero-order valence-corrected chi connectivity index (χ0v) is 15.5. The molecule has 1 aliphatic rings. The SMILES string of the molecule is COc1ccc2c(c1OC)CCN(S(=O)(=O)c1ccccc1)C(C)C2. The maximum atomic E-state index is 13.0. The second-order valence-corrected chi connectivity index (χ2v) is 8.06. The number of ether oxygens (including phenoxy) is 2. The van der Waals surface area contributed by atoms with Gasteiger partial charge < -0.3 is 9.47 Å². The molecule has 25 heavy (non-hydrogen) atoms. The van der Waals surface area contributed by atoms with E-state index in [1.165, 1.54) is 0 Å². The molecule has 1 aliphatic heterocycles. The number of sulfonamides is 1. The van der Waals surface area contributed by atoms with Gasteiger partial charge >= 0.3 is 0 Å². The van der Waals surface area contributed by atoms with Crippen LogP contribution in [0.4, 0.5) is 0 Å². The van der Waals surface area contributed by atoms with Crippen molar-refractivity contribution in [3.05, 3.63) is 53.6 Å². The summed E-state index contributed by atoms with van der Waals surface area (Å²) in [7, 11) is -0.303. The third kappa shape index (κ3) is 3.24. The molecule has 2 aromatic carbocycles. The molecule has 1 atom stereocenters. The zero-order valence-electron chi connectivity index (χ0n) is 14.7. The molecule has 5 nitrogen and oxygen atoms in total. The summed E-state index contributed by atoms with van der Waals surface area (Å²) >= 11 is 0. The van der Waals surface area contributed by atoms with E-state index in [9.17, 15) is 8.42 Å². The van der Waals surface area contributed by atoms with Crippen molar-refractivity contribution in [2.45, 2.75) is 30.7 Å². The Morgan fingerprint density at radius 1 is 1.04 bits per heavy atom. The fourth-order valence-electron chi connectivity index (χ4n) is 3.44. The van der Waals surface area contributed by atoms with Crippen LogP contribution >= 0.6 is 0 Å². The van der Waals surface area contributed by atoms with Gasteiger partial charge in [-0.3, -0.25) is 0 Å². The molecule has 0 saturated carbocycles. The molecule has 0 saturated heterocycles. The predicted molar refractivity (Wildman–Crippen MR) is 96.7 cm³/mol. The summed E-state index contributed by atoms with van der Waals surface area (Å²) in [6.45, 7) is 2.36. The normalized spacial score (nSPS) is 18.3. The number of hydrogen-bond acceptors (Lipinski definition) is 4. The van der Waals surface area contributed by atoms with Crippen LogP contribution in [0.2, 0.25) is 0 Å². The molecule has 134 valence electrons. The Hall–Kier alpha value is -2.05. The van der Waals surface area contributed by atoms with Crippen LogP contribution in [0.1, 0.15) is 18.1 Å². The van der Waals surface area contributed by atoms with Crippen molar-refractivity contribution >= 4 is 10.0 Å². The Balaban J connectivity index is 1.98. The van der Waals surface area contributed by atoms with Gasteiger partial charge in [-0.2, -0.15) is 4.31 Å². The van der Waals surface area contributed by atoms with Gasteiger partial charge in [0.05, 0.1) is 19.1 Å². The van der Waals surface area contributed by atoms with Crippen LogP contribution in [0, 0.1) is 0 Å². The van der Waals surface area contributed by atoms with Crippen LogP contribution in [0.3, 0.4) is 0 Å². The highest BCUT2D eigenvalue weighted by Crippen LogP contribution is 2.37. The molecule has 6 heteroatoms. The second kappa shape index (κ2) is 7.06. The number of fused-ring (bicyclic) bond motifs is 1. The molecule has 0 bridgehead atoms. The summed E-state index contributed by atoms with van der Waals surface area (Å²) in [6, 6.07) is 12.4. The van der Waals surface area contributed by atoms with Crippen LogP contribution in [-0.2, 0) is 22.9 Å². The van der Waals surface area contributed by atoms with Crippen molar-refractivity contribution in [1.82, 2.24) is 4.31 Å². The zero-order chi connectivity index (χ0) is 18.0. The average molecular weight is 361 g/mol. The van der Waals surface area contributed by atoms with Gasteiger partial charge in [-0.15, -0.1) is 0 Å². The summed E-state index contributed by atoms with van der Waals surface area (Å²) < 4.78 is 38.6. The minimum absolute atomic E-state index is 0.135. The van der Waals surface area contributed by atoms with E-state index in [0.29, 0.717) is 35.8 Å². The van der Waals surface area contributed by atoms with E-state index in [4.69, 9.17) is 9.47 Å². The van der Waals surface area contributed by atoms with Crippen molar-refractivity contribution in [2.75, 3.05) is 20.8 Å². The highest BCUT2D eigenvalue weighted by Gasteiger charge is 2.32. The molecular weight excluding hydrogens is 338 g/mol. The molecule has 0 aliphatic carbocycles. The minimum atomic E-state index is -3.53. The maximum absolute atomic E-state index is 13.0. The molecule has 0 N–H and O–H groups in total. The van der Waals surface area contributed by atoms with E-state index in [-0.39, 0.29) is 6.04 Å². The van der Waals surface area contributed by atoms with Crippen molar-refractivity contribution in [3.63, 3.8) is 0 Å². The standard InChI is InChI=1S/C19H23NO4S/c1-14-13-15-9-10-18(23-2)19(24-3)17(15)11-12-20(14)25(21,22)16-7-5-4-6-8-16/h4-10,14H,11-13H2,1-3H3. The number of benzene rings is 2. The quantitative estimate of drug-likeness (QED) is 0.840. The average Bonchev–Trinajstić information content (AvgIpc) is 2.80. The third-order valence-electron chi connectivity index (χ3n) is 4.68. The molecule has 0 spiro atoms. The van der Waals surface area contributed by atoms with Crippen LogP contribution < -0.4 is 9.47 Å². The minimum Gasteiger partial charge on any atom is -0.493 e. The predicted octanol–water partition coefficient (Wildman–Crippen LogP) is 2.88. The molecule has 0 radical (unpaired) electrons. The van der Waals surface area contributed by atoms with Gasteiger partial charge in [-0.05, 0) is 43.5 Å². The summed E-state index contributed by atoms with van der Waals surface area (Å²) in [6.07, 6.45) is 1.23. The van der Waals surface area contributed by atoms with Crippen LogP contribution in [0.5, 0.6) is 11.5 Å². The summed E-state index contributed by atoms with van der Waals surface area (Å²) in [5.74, 6) is 1.37. The van der Waals surface area contributed by atoms with E-state index < -0.39 is 10.0 Å². The Morgan fingerprint density at radius 3 is 2.40 bits per heavy atom. The van der Waals surface area contributed by atoms with Gasteiger partial charge in [0.1, 0.15) is 0 Å². The van der Waals surface area contributed by atoms with E-state index >= 15 is 0 Å². The molecule has 0 fully saturated rings. The van der Waals surface area contributed by atoms with Crippen LogP contribution in [-0.4, -0.2) is 39.5 Å². The van der Waals surface area contributed by atoms with Gasteiger partial charge in [0.15, 0.2) is 11.5 Å². The first kappa shape index (κ1) is 17.8. The van der Waals surface area contributed by atoms with Gasteiger partial charge in [0.2, 0.25) is 10.0 Å². The van der Waals surface area contributed by atoms with Gasteiger partial charge in [0, 0.05) is 18.2 Å². The lowest BCUT2D eigenvalue weighted by molar-refractivity contribution is 0.342. The van der Waals surface area contributed by atoms with Crippen LogP contribution in [0.15, 0.2) is 47.4 Å². The number of rotatable bonds is 4. The molecule has 3 rings (SSSR count). The molecule has 1 heterocycles. The topological polar surface area (TPSA) is 55.8 Å². The first-order valence-corrected chi connectivity index (χ1v) is 9.72. The van der Waals surface area contributed by atoms with Crippen molar-refractivity contribution in [3.8, 4) is 11.5 Å². The van der Waals surface area contributed by atoms with Gasteiger partial charge in [-0.1, -0.05) is 24.3 Å². The first-order chi connectivity index (χ1) is 12.0. The largest absolute Gasteiger partial charge is 0.493 e. The molecule has 2 aromatic rings.